The van der Waals surface area contributed by atoms with Crippen LogP contribution in [-0.4, -0.2) is 26.4 Å². The number of carbonyl (C=O) groups is 1. The highest BCUT2D eigenvalue weighted by Crippen LogP contribution is 2.26. The number of halogens is 2. The van der Waals surface area contributed by atoms with Gasteiger partial charge in [-0.1, -0.05) is 29.4 Å². The monoisotopic (exact) mass is 474 g/mol. The van der Waals surface area contributed by atoms with Gasteiger partial charge in [0.1, 0.15) is 18.2 Å². The predicted octanol–water partition coefficient (Wildman–Crippen LogP) is 5.28. The van der Waals surface area contributed by atoms with Gasteiger partial charge in [-0.25, -0.2) is 4.39 Å². The normalized spacial score (nSPS) is 13.0. The molecule has 2 aromatic carbocycles. The van der Waals surface area contributed by atoms with Crippen LogP contribution in [0.15, 0.2) is 41.6 Å². The zero-order chi connectivity index (χ0) is 22.5. The fourth-order valence-electron chi connectivity index (χ4n) is 3.70. The molecule has 1 aliphatic rings. The Morgan fingerprint density at radius 1 is 1.19 bits per heavy atom. The first-order chi connectivity index (χ1) is 15.5. The van der Waals surface area contributed by atoms with Crippen LogP contribution in [-0.2, 0) is 30.8 Å². The van der Waals surface area contributed by atoms with E-state index in [1.54, 1.807) is 0 Å². The molecule has 0 fully saturated rings. The van der Waals surface area contributed by atoms with Gasteiger partial charge in [-0.2, -0.15) is 0 Å². The maximum atomic E-state index is 13.9. The number of ether oxygens (including phenoxy) is 1. The summed E-state index contributed by atoms with van der Waals surface area (Å²) in [6.07, 6.45) is 4.71. The standard InChI is InChI=1S/C23H24ClFN4O2S/c1-2-29-21(13-31-18-9-7-15-5-3-4-6-16(15)11-18)27-28-23(29)32-14-22(30)26-20-10-8-17(24)12-19(20)25/h7-12H,2-6,13-14H2,1H3,(H,26,30). The van der Waals surface area contributed by atoms with Crippen molar-refractivity contribution in [3.8, 4) is 5.75 Å². The molecule has 32 heavy (non-hydrogen) atoms. The Hall–Kier alpha value is -2.58. The van der Waals surface area contributed by atoms with Gasteiger partial charge in [-0.05, 0) is 74.1 Å². The number of hydrogen-bond donors (Lipinski definition) is 1. The molecule has 1 aromatic heterocycles. The number of amides is 1. The Labute approximate surface area is 195 Å². The van der Waals surface area contributed by atoms with Gasteiger partial charge in [0.2, 0.25) is 5.91 Å². The molecule has 1 heterocycles. The third-order valence-corrected chi connectivity index (χ3v) is 6.54. The lowest BCUT2D eigenvalue weighted by Gasteiger charge is -2.16. The number of aromatic nitrogens is 3. The maximum Gasteiger partial charge on any atom is 0.234 e. The highest BCUT2D eigenvalue weighted by Gasteiger charge is 2.15. The number of benzene rings is 2. The molecule has 0 spiro atoms. The lowest BCUT2D eigenvalue weighted by Crippen LogP contribution is -2.15. The van der Waals surface area contributed by atoms with Crippen molar-refractivity contribution in [3.05, 3.63) is 64.2 Å². The molecule has 0 aliphatic heterocycles. The number of hydrogen-bond acceptors (Lipinski definition) is 5. The molecule has 168 valence electrons. The zero-order valence-electron chi connectivity index (χ0n) is 17.7. The van der Waals surface area contributed by atoms with Gasteiger partial charge in [-0.3, -0.25) is 4.79 Å². The van der Waals surface area contributed by atoms with Gasteiger partial charge < -0.3 is 14.6 Å². The topological polar surface area (TPSA) is 69.0 Å². The molecule has 0 radical (unpaired) electrons. The second-order valence-electron chi connectivity index (χ2n) is 7.53. The van der Waals surface area contributed by atoms with E-state index in [1.165, 1.54) is 47.9 Å². The summed E-state index contributed by atoms with van der Waals surface area (Å²) in [7, 11) is 0. The van der Waals surface area contributed by atoms with E-state index in [9.17, 15) is 9.18 Å². The Balaban J connectivity index is 1.35. The Morgan fingerprint density at radius 3 is 2.78 bits per heavy atom. The summed E-state index contributed by atoms with van der Waals surface area (Å²) < 4.78 is 21.8. The number of fused-ring (bicyclic) bond motifs is 1. The Morgan fingerprint density at radius 2 is 2.00 bits per heavy atom. The highest BCUT2D eigenvalue weighted by atomic mass is 35.5. The van der Waals surface area contributed by atoms with Crippen molar-refractivity contribution in [2.24, 2.45) is 0 Å². The van der Waals surface area contributed by atoms with Gasteiger partial charge >= 0.3 is 0 Å². The first-order valence-corrected chi connectivity index (χ1v) is 11.9. The van der Waals surface area contributed by atoms with Gasteiger partial charge in [0.05, 0.1) is 11.4 Å². The molecule has 1 amide bonds. The van der Waals surface area contributed by atoms with Gasteiger partial charge in [-0.15, -0.1) is 10.2 Å². The highest BCUT2D eigenvalue weighted by molar-refractivity contribution is 7.99. The summed E-state index contributed by atoms with van der Waals surface area (Å²) in [6.45, 7) is 2.92. The molecule has 0 atom stereocenters. The van der Waals surface area contributed by atoms with Crippen molar-refractivity contribution < 1.29 is 13.9 Å². The second-order valence-corrected chi connectivity index (χ2v) is 8.91. The van der Waals surface area contributed by atoms with E-state index in [0.717, 1.165) is 24.7 Å². The Kier molecular flexibility index (Phi) is 7.32. The number of nitrogens with one attached hydrogen (secondary N) is 1. The first-order valence-electron chi connectivity index (χ1n) is 10.6. The van der Waals surface area contributed by atoms with Crippen LogP contribution in [0.1, 0.15) is 36.7 Å². The first kappa shape index (κ1) is 22.6. The lowest BCUT2D eigenvalue weighted by atomic mass is 9.92. The molecule has 4 rings (SSSR count). The van der Waals surface area contributed by atoms with Crippen LogP contribution in [0.4, 0.5) is 10.1 Å². The molecule has 0 saturated heterocycles. The molecule has 0 unspecified atom stereocenters. The van der Waals surface area contributed by atoms with Crippen molar-refractivity contribution >= 4 is 35.0 Å². The number of carbonyl (C=O) groups excluding carboxylic acids is 1. The van der Waals surface area contributed by atoms with Crippen molar-refractivity contribution in [2.75, 3.05) is 11.1 Å². The summed E-state index contributed by atoms with van der Waals surface area (Å²) in [6, 6.07) is 10.4. The molecule has 3 aromatic rings. The zero-order valence-corrected chi connectivity index (χ0v) is 19.3. The molecule has 0 saturated carbocycles. The van der Waals surface area contributed by atoms with E-state index >= 15 is 0 Å². The van der Waals surface area contributed by atoms with Crippen LogP contribution in [0.2, 0.25) is 5.02 Å². The third-order valence-electron chi connectivity index (χ3n) is 5.34. The minimum Gasteiger partial charge on any atom is -0.486 e. The Bertz CT molecular complexity index is 1120. The fourth-order valence-corrected chi connectivity index (χ4v) is 4.68. The van der Waals surface area contributed by atoms with Gasteiger partial charge in [0.25, 0.3) is 0 Å². The van der Waals surface area contributed by atoms with E-state index in [-0.39, 0.29) is 22.4 Å². The molecule has 1 aliphatic carbocycles. The maximum absolute atomic E-state index is 13.9. The predicted molar refractivity (Wildman–Crippen MR) is 124 cm³/mol. The van der Waals surface area contributed by atoms with Crippen LogP contribution in [0.25, 0.3) is 0 Å². The number of rotatable bonds is 8. The van der Waals surface area contributed by atoms with Crippen molar-refractivity contribution in [1.82, 2.24) is 14.8 Å². The number of aryl methyl sites for hydroxylation is 2. The van der Waals surface area contributed by atoms with E-state index in [1.807, 2.05) is 17.6 Å². The minimum atomic E-state index is -0.575. The minimum absolute atomic E-state index is 0.0753. The van der Waals surface area contributed by atoms with Crippen molar-refractivity contribution in [1.29, 1.82) is 0 Å². The largest absolute Gasteiger partial charge is 0.486 e. The molecule has 0 bridgehead atoms. The number of nitrogens with zero attached hydrogens (tertiary/aromatic N) is 3. The summed E-state index contributed by atoms with van der Waals surface area (Å²) in [5, 5.41) is 11.9. The summed E-state index contributed by atoms with van der Waals surface area (Å²) in [4.78, 5) is 12.2. The van der Waals surface area contributed by atoms with Gasteiger partial charge in [0, 0.05) is 11.6 Å². The summed E-state index contributed by atoms with van der Waals surface area (Å²) in [5.41, 5.74) is 2.87. The van der Waals surface area contributed by atoms with Crippen LogP contribution < -0.4 is 10.1 Å². The molecule has 1 N–H and O–H groups in total. The van der Waals surface area contributed by atoms with Crippen LogP contribution >= 0.6 is 23.4 Å². The third kappa shape index (κ3) is 5.42. The molecular weight excluding hydrogens is 451 g/mol. The van der Waals surface area contributed by atoms with Crippen LogP contribution in [0, 0.1) is 5.82 Å². The number of anilines is 1. The molecule has 9 heteroatoms. The van der Waals surface area contributed by atoms with E-state index in [4.69, 9.17) is 16.3 Å². The molecule has 6 nitrogen and oxygen atoms in total. The smallest absolute Gasteiger partial charge is 0.234 e. The van der Waals surface area contributed by atoms with Crippen molar-refractivity contribution in [2.45, 2.75) is 50.9 Å². The lowest BCUT2D eigenvalue weighted by molar-refractivity contribution is -0.113. The summed E-state index contributed by atoms with van der Waals surface area (Å²) in [5.74, 6) is 0.681. The molecular formula is C23H24ClFN4O2S. The average molecular weight is 475 g/mol. The average Bonchev–Trinajstić information content (AvgIpc) is 3.20. The SMILES string of the molecule is CCn1c(COc2ccc3c(c2)CCCC3)nnc1SCC(=O)Nc1ccc(Cl)cc1F. The second kappa shape index (κ2) is 10.4. The number of thioether (sulfide) groups is 1. The van der Waals surface area contributed by atoms with Crippen molar-refractivity contribution in [3.63, 3.8) is 0 Å². The van der Waals surface area contributed by atoms with Crippen LogP contribution in [0.5, 0.6) is 5.75 Å². The summed E-state index contributed by atoms with van der Waals surface area (Å²) >= 11 is 6.98. The van der Waals surface area contributed by atoms with E-state index in [0.29, 0.717) is 24.1 Å². The van der Waals surface area contributed by atoms with E-state index < -0.39 is 5.82 Å². The van der Waals surface area contributed by atoms with Gasteiger partial charge in [0.15, 0.2) is 11.0 Å². The fraction of sp³-hybridized carbons (Fsp3) is 0.348. The van der Waals surface area contributed by atoms with E-state index in [2.05, 4.69) is 27.6 Å². The quantitative estimate of drug-likeness (QED) is 0.450. The van der Waals surface area contributed by atoms with Crippen LogP contribution in [0.3, 0.4) is 0 Å².